The lowest BCUT2D eigenvalue weighted by Gasteiger charge is -2.12. The van der Waals surface area contributed by atoms with Gasteiger partial charge in [-0.05, 0) is 11.6 Å². The van der Waals surface area contributed by atoms with Crippen molar-refractivity contribution >= 4 is 5.69 Å². The number of nitro groups is 1. The first-order chi connectivity index (χ1) is 8.24. The first-order valence-electron chi connectivity index (χ1n) is 4.72. The predicted octanol–water partition coefficient (Wildman–Crippen LogP) is 2.43. The summed E-state index contributed by atoms with van der Waals surface area (Å²) < 4.78 is 39.9. The van der Waals surface area contributed by atoms with Crippen LogP contribution in [-0.4, -0.2) is 23.0 Å². The van der Waals surface area contributed by atoms with Crippen LogP contribution in [-0.2, 0) is 0 Å². The van der Waals surface area contributed by atoms with Crippen LogP contribution in [0.4, 0.5) is 18.9 Å². The first-order valence-corrected chi connectivity index (χ1v) is 4.72. The Morgan fingerprint density at radius 3 is 2.56 bits per heavy atom. The van der Waals surface area contributed by atoms with Crippen molar-refractivity contribution in [1.82, 2.24) is 0 Å². The molecule has 1 rings (SSSR count). The highest BCUT2D eigenvalue weighted by molar-refractivity contribution is 5.51. The van der Waals surface area contributed by atoms with Crippen LogP contribution >= 0.6 is 0 Å². The minimum Gasteiger partial charge on any atom is -0.398 e. The molecule has 0 saturated heterocycles. The normalized spacial score (nSPS) is 11.7. The molecule has 1 N–H and O–H groups in total. The third kappa shape index (κ3) is 3.59. The fourth-order valence-electron chi connectivity index (χ4n) is 1.23. The monoisotopic (exact) mass is 264 g/mol. The van der Waals surface area contributed by atoms with Gasteiger partial charge in [-0.25, -0.2) is 0 Å². The number of ether oxygens (including phenoxy) is 1. The molecule has 0 bridgehead atoms. The van der Waals surface area contributed by atoms with Gasteiger partial charge in [-0.1, -0.05) is 13.0 Å². The number of halogens is 3. The largest absolute Gasteiger partial charge is 0.573 e. The maximum absolute atomic E-state index is 12.1. The molecule has 0 saturated carbocycles. The van der Waals surface area contributed by atoms with E-state index in [1.165, 1.54) is 13.0 Å². The fourth-order valence-corrected chi connectivity index (χ4v) is 1.23. The van der Waals surface area contributed by atoms with Crippen molar-refractivity contribution in [2.45, 2.75) is 13.3 Å². The van der Waals surface area contributed by atoms with Crippen LogP contribution in [0, 0.1) is 16.0 Å². The molecule has 0 aliphatic carbocycles. The zero-order chi connectivity index (χ0) is 13.9. The molecular formula is C10H9F3NO4. The summed E-state index contributed by atoms with van der Waals surface area (Å²) in [5, 5.41) is 19.4. The highest BCUT2D eigenvalue weighted by Crippen LogP contribution is 2.34. The SMILES string of the molecule is C[C](CO)c1ccc([N+](=O)[O-])c(OC(F)(F)F)c1. The van der Waals surface area contributed by atoms with Crippen molar-refractivity contribution in [3.8, 4) is 5.75 Å². The number of aliphatic hydroxyl groups excluding tert-OH is 1. The molecule has 0 fully saturated rings. The zero-order valence-corrected chi connectivity index (χ0v) is 9.19. The summed E-state index contributed by atoms with van der Waals surface area (Å²) in [6.07, 6.45) is -5.02. The van der Waals surface area contributed by atoms with Crippen LogP contribution in [0.3, 0.4) is 0 Å². The van der Waals surface area contributed by atoms with E-state index >= 15 is 0 Å². The lowest BCUT2D eigenvalue weighted by atomic mass is 10.0. The smallest absolute Gasteiger partial charge is 0.398 e. The summed E-state index contributed by atoms with van der Waals surface area (Å²) in [5.74, 6) is -0.533. The molecule has 8 heteroatoms. The minimum absolute atomic E-state index is 0.238. The summed E-state index contributed by atoms with van der Waals surface area (Å²) in [6.45, 7) is 1.11. The maximum atomic E-state index is 12.1. The van der Waals surface area contributed by atoms with Crippen molar-refractivity contribution in [1.29, 1.82) is 0 Å². The molecule has 1 radical (unpaired) electrons. The number of rotatable bonds is 4. The van der Waals surface area contributed by atoms with E-state index in [1.54, 1.807) is 0 Å². The van der Waals surface area contributed by atoms with Gasteiger partial charge in [0, 0.05) is 12.0 Å². The zero-order valence-electron chi connectivity index (χ0n) is 9.19. The minimum atomic E-state index is -5.02. The Labute approximate surface area is 99.9 Å². The summed E-state index contributed by atoms with van der Waals surface area (Å²) in [5.41, 5.74) is -0.552. The molecule has 0 aromatic heterocycles. The Bertz CT molecular complexity index is 447. The molecule has 5 nitrogen and oxygen atoms in total. The van der Waals surface area contributed by atoms with Gasteiger partial charge in [-0.2, -0.15) is 0 Å². The molecular weight excluding hydrogens is 255 g/mol. The van der Waals surface area contributed by atoms with Crippen molar-refractivity contribution in [3.05, 3.63) is 39.8 Å². The number of aliphatic hydroxyl groups is 1. The van der Waals surface area contributed by atoms with E-state index < -0.39 is 22.7 Å². The van der Waals surface area contributed by atoms with E-state index in [0.717, 1.165) is 12.1 Å². The second kappa shape index (κ2) is 5.21. The van der Waals surface area contributed by atoms with Crippen LogP contribution in [0.2, 0.25) is 0 Å². The Balaban J connectivity index is 3.20. The van der Waals surface area contributed by atoms with Crippen LogP contribution in [0.1, 0.15) is 12.5 Å². The summed E-state index contributed by atoms with van der Waals surface area (Å²) in [6, 6.07) is 3.01. The molecule has 0 aliphatic rings. The molecule has 18 heavy (non-hydrogen) atoms. The second-order valence-corrected chi connectivity index (χ2v) is 3.43. The van der Waals surface area contributed by atoms with Gasteiger partial charge in [-0.3, -0.25) is 10.1 Å². The second-order valence-electron chi connectivity index (χ2n) is 3.43. The van der Waals surface area contributed by atoms with Gasteiger partial charge in [0.2, 0.25) is 5.75 Å². The van der Waals surface area contributed by atoms with E-state index in [-0.39, 0.29) is 12.2 Å². The van der Waals surface area contributed by atoms with Crippen LogP contribution < -0.4 is 4.74 Å². The number of alkyl halides is 3. The van der Waals surface area contributed by atoms with Crippen LogP contribution in [0.15, 0.2) is 18.2 Å². The molecule has 0 amide bonds. The molecule has 0 heterocycles. The fraction of sp³-hybridized carbons (Fsp3) is 0.300. The third-order valence-electron chi connectivity index (χ3n) is 2.11. The summed E-state index contributed by atoms with van der Waals surface area (Å²) in [4.78, 5) is 9.59. The topological polar surface area (TPSA) is 72.6 Å². The molecule has 1 aromatic carbocycles. The predicted molar refractivity (Wildman–Crippen MR) is 54.9 cm³/mol. The van der Waals surface area contributed by atoms with Crippen LogP contribution in [0.5, 0.6) is 5.75 Å². The van der Waals surface area contributed by atoms with Crippen LogP contribution in [0.25, 0.3) is 0 Å². The highest BCUT2D eigenvalue weighted by atomic mass is 19.4. The van der Waals surface area contributed by atoms with Gasteiger partial charge < -0.3 is 9.84 Å². The molecule has 0 aliphatic heterocycles. The number of benzene rings is 1. The molecule has 0 spiro atoms. The van der Waals surface area contributed by atoms with Gasteiger partial charge in [0.15, 0.2) is 0 Å². The Morgan fingerprint density at radius 1 is 1.50 bits per heavy atom. The van der Waals surface area contributed by atoms with E-state index in [0.29, 0.717) is 5.92 Å². The first kappa shape index (κ1) is 14.2. The van der Waals surface area contributed by atoms with Crippen molar-refractivity contribution in [2.75, 3.05) is 6.61 Å². The van der Waals surface area contributed by atoms with Gasteiger partial charge >= 0.3 is 12.0 Å². The van der Waals surface area contributed by atoms with E-state index in [4.69, 9.17) is 5.11 Å². The van der Waals surface area contributed by atoms with Gasteiger partial charge in [-0.15, -0.1) is 13.2 Å². The van der Waals surface area contributed by atoms with E-state index in [9.17, 15) is 23.3 Å². The standard InChI is InChI=1S/C10H9F3NO4/c1-6(5-15)7-2-3-8(14(16)17)9(4-7)18-10(11,12)13/h2-4,15H,5H2,1H3. The Morgan fingerprint density at radius 2 is 2.11 bits per heavy atom. The highest BCUT2D eigenvalue weighted by Gasteiger charge is 2.34. The van der Waals surface area contributed by atoms with Crippen molar-refractivity contribution < 1.29 is 27.9 Å². The molecule has 0 unspecified atom stereocenters. The number of nitro benzene ring substituents is 1. The molecule has 0 atom stereocenters. The third-order valence-corrected chi connectivity index (χ3v) is 2.11. The van der Waals surface area contributed by atoms with Gasteiger partial charge in [0.05, 0.1) is 11.5 Å². The number of hydrogen-bond donors (Lipinski definition) is 1. The quantitative estimate of drug-likeness (QED) is 0.669. The van der Waals surface area contributed by atoms with Crippen molar-refractivity contribution in [3.63, 3.8) is 0 Å². The van der Waals surface area contributed by atoms with Gasteiger partial charge in [0.25, 0.3) is 0 Å². The van der Waals surface area contributed by atoms with Crippen molar-refractivity contribution in [2.24, 2.45) is 0 Å². The van der Waals surface area contributed by atoms with E-state index in [2.05, 4.69) is 4.74 Å². The van der Waals surface area contributed by atoms with E-state index in [1.807, 2.05) is 0 Å². The lowest BCUT2D eigenvalue weighted by molar-refractivity contribution is -0.388. The maximum Gasteiger partial charge on any atom is 0.573 e. The number of nitrogens with zero attached hydrogens (tertiary/aromatic N) is 1. The summed E-state index contributed by atoms with van der Waals surface area (Å²) in [7, 11) is 0. The molecule has 99 valence electrons. The van der Waals surface area contributed by atoms with Gasteiger partial charge in [0.1, 0.15) is 0 Å². The average molecular weight is 264 g/mol. The Hall–Kier alpha value is -1.83. The summed E-state index contributed by atoms with van der Waals surface area (Å²) >= 11 is 0. The average Bonchev–Trinajstić information content (AvgIpc) is 2.25. The lowest BCUT2D eigenvalue weighted by Crippen LogP contribution is -2.18. The number of hydrogen-bond acceptors (Lipinski definition) is 4. The Kier molecular flexibility index (Phi) is 4.12. The molecule has 1 aromatic rings.